The van der Waals surface area contributed by atoms with E-state index in [1.807, 2.05) is 0 Å². The van der Waals surface area contributed by atoms with Crippen molar-refractivity contribution in [2.45, 2.75) is 25.7 Å². The lowest BCUT2D eigenvalue weighted by Crippen LogP contribution is -2.38. The summed E-state index contributed by atoms with van der Waals surface area (Å²) in [5, 5.41) is 10.9. The Morgan fingerprint density at radius 1 is 1.03 bits per heavy atom. The Bertz CT molecular complexity index is 1150. The van der Waals surface area contributed by atoms with E-state index in [0.29, 0.717) is 24.3 Å². The molecule has 0 bridgehead atoms. The summed E-state index contributed by atoms with van der Waals surface area (Å²) in [7, 11) is 0. The summed E-state index contributed by atoms with van der Waals surface area (Å²) < 4.78 is 26.7. The van der Waals surface area contributed by atoms with Crippen LogP contribution in [0.4, 0.5) is 20.2 Å². The van der Waals surface area contributed by atoms with Gasteiger partial charge in [-0.15, -0.1) is 10.2 Å². The van der Waals surface area contributed by atoms with Gasteiger partial charge < -0.3 is 10.2 Å². The minimum absolute atomic E-state index is 0.0412. The Balaban J connectivity index is 1.55. The van der Waals surface area contributed by atoms with Crippen molar-refractivity contribution >= 4 is 40.5 Å². The molecule has 3 aromatic rings. The van der Waals surface area contributed by atoms with Gasteiger partial charge in [-0.05, 0) is 67.1 Å². The number of benzene rings is 2. The van der Waals surface area contributed by atoms with Crippen LogP contribution in [-0.4, -0.2) is 34.1 Å². The molecular formula is C23H20Cl2F2N4O. The van der Waals surface area contributed by atoms with E-state index in [9.17, 15) is 13.6 Å². The SMILES string of the molecule is Cc1cc(F)ccc1Nc1c(C(=O)N2CCC(c3ccc(F)cc3)CC2)nnc(Cl)c1Cl. The van der Waals surface area contributed by atoms with Crippen LogP contribution in [0.25, 0.3) is 0 Å². The maximum Gasteiger partial charge on any atom is 0.276 e. The average Bonchev–Trinajstić information content (AvgIpc) is 2.79. The highest BCUT2D eigenvalue weighted by molar-refractivity contribution is 6.43. The molecule has 9 heteroatoms. The first-order valence-electron chi connectivity index (χ1n) is 10.1. The summed E-state index contributed by atoms with van der Waals surface area (Å²) in [4.78, 5) is 15.0. The molecule has 1 fully saturated rings. The zero-order valence-electron chi connectivity index (χ0n) is 17.2. The van der Waals surface area contributed by atoms with Crippen LogP contribution in [-0.2, 0) is 0 Å². The number of amides is 1. The van der Waals surface area contributed by atoms with Crippen molar-refractivity contribution in [1.82, 2.24) is 15.1 Å². The van der Waals surface area contributed by atoms with Crippen LogP contribution >= 0.6 is 23.2 Å². The van der Waals surface area contributed by atoms with E-state index in [4.69, 9.17) is 23.2 Å². The lowest BCUT2D eigenvalue weighted by molar-refractivity contribution is 0.0707. The number of rotatable bonds is 4. The smallest absolute Gasteiger partial charge is 0.276 e. The minimum Gasteiger partial charge on any atom is -0.352 e. The van der Waals surface area contributed by atoms with Gasteiger partial charge in [-0.25, -0.2) is 8.78 Å². The summed E-state index contributed by atoms with van der Waals surface area (Å²) in [6.07, 6.45) is 1.48. The maximum atomic E-state index is 13.5. The monoisotopic (exact) mass is 476 g/mol. The van der Waals surface area contributed by atoms with Crippen LogP contribution in [0.5, 0.6) is 0 Å². The number of hydrogen-bond donors (Lipinski definition) is 1. The van der Waals surface area contributed by atoms with E-state index in [1.165, 1.54) is 24.3 Å². The number of piperidine rings is 1. The van der Waals surface area contributed by atoms with E-state index in [-0.39, 0.29) is 45.0 Å². The fraction of sp³-hybridized carbons (Fsp3) is 0.261. The van der Waals surface area contributed by atoms with Crippen molar-refractivity contribution < 1.29 is 13.6 Å². The summed E-state index contributed by atoms with van der Waals surface area (Å²) in [6, 6.07) is 10.7. The summed E-state index contributed by atoms with van der Waals surface area (Å²) in [5.74, 6) is -0.712. The average molecular weight is 477 g/mol. The number of halogens is 4. The van der Waals surface area contributed by atoms with Crippen LogP contribution in [0.15, 0.2) is 42.5 Å². The van der Waals surface area contributed by atoms with Crippen LogP contribution in [0.1, 0.15) is 40.4 Å². The van der Waals surface area contributed by atoms with Crippen molar-refractivity contribution in [3.8, 4) is 0 Å². The molecule has 1 saturated heterocycles. The summed E-state index contributed by atoms with van der Waals surface area (Å²) >= 11 is 12.4. The first-order chi connectivity index (χ1) is 15.3. The van der Waals surface area contributed by atoms with Crippen LogP contribution < -0.4 is 5.32 Å². The molecule has 2 aromatic carbocycles. The minimum atomic E-state index is -0.370. The van der Waals surface area contributed by atoms with Gasteiger partial charge in [0.25, 0.3) is 5.91 Å². The van der Waals surface area contributed by atoms with Crippen molar-refractivity contribution in [2.75, 3.05) is 18.4 Å². The number of aromatic nitrogens is 2. The van der Waals surface area contributed by atoms with Gasteiger partial charge in [0.05, 0.1) is 5.69 Å². The Hall–Kier alpha value is -2.77. The van der Waals surface area contributed by atoms with Gasteiger partial charge in [0.1, 0.15) is 16.7 Å². The fourth-order valence-corrected chi connectivity index (χ4v) is 4.17. The van der Waals surface area contributed by atoms with E-state index in [1.54, 1.807) is 30.0 Å². The second kappa shape index (κ2) is 9.38. The lowest BCUT2D eigenvalue weighted by Gasteiger charge is -2.32. The second-order valence-electron chi connectivity index (χ2n) is 7.73. The van der Waals surface area contributed by atoms with Gasteiger partial charge >= 0.3 is 0 Å². The molecule has 1 aliphatic rings. The number of likely N-dealkylation sites (tertiary alicyclic amines) is 1. The number of aryl methyl sites for hydroxylation is 1. The number of carbonyl (C=O) groups excluding carboxylic acids is 1. The van der Waals surface area contributed by atoms with E-state index < -0.39 is 0 Å². The third-order valence-electron chi connectivity index (χ3n) is 5.65. The fourth-order valence-electron chi connectivity index (χ4n) is 3.86. The topological polar surface area (TPSA) is 58.1 Å². The molecule has 166 valence electrons. The van der Waals surface area contributed by atoms with Crippen molar-refractivity contribution in [3.63, 3.8) is 0 Å². The Kier molecular flexibility index (Phi) is 6.58. The zero-order valence-corrected chi connectivity index (χ0v) is 18.7. The first-order valence-corrected chi connectivity index (χ1v) is 10.9. The molecule has 1 aromatic heterocycles. The second-order valence-corrected chi connectivity index (χ2v) is 8.47. The third kappa shape index (κ3) is 4.69. The Morgan fingerprint density at radius 3 is 2.34 bits per heavy atom. The molecule has 2 heterocycles. The molecule has 0 aliphatic carbocycles. The number of nitrogens with one attached hydrogen (secondary N) is 1. The summed E-state index contributed by atoms with van der Waals surface area (Å²) in [5.41, 5.74) is 2.53. The molecule has 1 aliphatic heterocycles. The highest BCUT2D eigenvalue weighted by Gasteiger charge is 2.29. The number of nitrogens with zero attached hydrogens (tertiary/aromatic N) is 3. The first kappa shape index (κ1) is 22.4. The largest absolute Gasteiger partial charge is 0.352 e. The molecule has 0 radical (unpaired) electrons. The molecule has 0 saturated carbocycles. The van der Waals surface area contributed by atoms with Gasteiger partial charge in [-0.2, -0.15) is 0 Å². The number of carbonyl (C=O) groups is 1. The maximum absolute atomic E-state index is 13.5. The van der Waals surface area contributed by atoms with E-state index in [0.717, 1.165) is 18.4 Å². The van der Waals surface area contributed by atoms with Gasteiger partial charge in [0.15, 0.2) is 10.8 Å². The molecule has 0 spiro atoms. The standard InChI is InChI=1S/C23H20Cl2F2N4O/c1-13-12-17(27)6-7-18(13)28-20-19(24)22(25)30-29-21(20)23(32)31-10-8-15(9-11-31)14-2-4-16(26)5-3-14/h2-7,12,15H,8-11H2,1H3,(H,28,30). The molecule has 32 heavy (non-hydrogen) atoms. The van der Waals surface area contributed by atoms with Crippen LogP contribution in [0, 0.1) is 18.6 Å². The van der Waals surface area contributed by atoms with Crippen LogP contribution in [0.2, 0.25) is 10.2 Å². The van der Waals surface area contributed by atoms with Gasteiger partial charge in [-0.1, -0.05) is 35.3 Å². The van der Waals surface area contributed by atoms with Gasteiger partial charge in [0, 0.05) is 18.8 Å². The van der Waals surface area contributed by atoms with Crippen molar-refractivity contribution in [3.05, 3.63) is 81.1 Å². The Labute approximate surface area is 194 Å². The zero-order chi connectivity index (χ0) is 22.8. The normalized spacial score (nSPS) is 14.5. The molecular weight excluding hydrogens is 457 g/mol. The van der Waals surface area contributed by atoms with Crippen LogP contribution in [0.3, 0.4) is 0 Å². The highest BCUT2D eigenvalue weighted by atomic mass is 35.5. The van der Waals surface area contributed by atoms with Crippen molar-refractivity contribution in [2.24, 2.45) is 0 Å². The Morgan fingerprint density at radius 2 is 1.69 bits per heavy atom. The van der Waals surface area contributed by atoms with Gasteiger partial charge in [0.2, 0.25) is 0 Å². The highest BCUT2D eigenvalue weighted by Crippen LogP contribution is 2.35. The van der Waals surface area contributed by atoms with Gasteiger partial charge in [-0.3, -0.25) is 4.79 Å². The molecule has 0 unspecified atom stereocenters. The molecule has 0 atom stereocenters. The lowest BCUT2D eigenvalue weighted by atomic mass is 9.89. The third-order valence-corrected chi connectivity index (χ3v) is 6.38. The molecule has 1 amide bonds. The van der Waals surface area contributed by atoms with E-state index >= 15 is 0 Å². The molecule has 5 nitrogen and oxygen atoms in total. The van der Waals surface area contributed by atoms with E-state index in [2.05, 4.69) is 15.5 Å². The number of hydrogen-bond acceptors (Lipinski definition) is 4. The predicted molar refractivity (Wildman–Crippen MR) is 121 cm³/mol. The van der Waals surface area contributed by atoms with Crippen molar-refractivity contribution in [1.29, 1.82) is 0 Å². The number of anilines is 2. The molecule has 4 rings (SSSR count). The quantitative estimate of drug-likeness (QED) is 0.491. The summed E-state index contributed by atoms with van der Waals surface area (Å²) in [6.45, 7) is 2.76. The predicted octanol–water partition coefficient (Wildman–Crippen LogP) is 6.13. The molecule has 1 N–H and O–H groups in total.